The molecule has 1 aromatic rings. The number of carboxylic acids is 1. The van der Waals surface area contributed by atoms with Crippen LogP contribution in [-0.2, 0) is 4.79 Å². The lowest BCUT2D eigenvalue weighted by Crippen LogP contribution is -2.34. The van der Waals surface area contributed by atoms with Crippen LogP contribution in [0.1, 0.15) is 30.6 Å². The smallest absolute Gasteiger partial charge is 0.308 e. The second-order valence-corrected chi connectivity index (χ2v) is 6.21. The van der Waals surface area contributed by atoms with Gasteiger partial charge in [-0.25, -0.2) is 0 Å². The number of hydrogen-bond donors (Lipinski definition) is 2. The predicted octanol–water partition coefficient (Wildman–Crippen LogP) is 2.83. The van der Waals surface area contributed by atoms with Gasteiger partial charge in [0.15, 0.2) is 0 Å². The number of carbonyl (C=O) groups is 2. The Hall–Kier alpha value is -1.96. The van der Waals surface area contributed by atoms with E-state index in [1.54, 1.807) is 0 Å². The van der Waals surface area contributed by atoms with E-state index in [-0.39, 0.29) is 23.7 Å². The van der Waals surface area contributed by atoms with Gasteiger partial charge < -0.3 is 10.4 Å². The highest BCUT2D eigenvalue weighted by Crippen LogP contribution is 2.23. The molecular formula is C14H17BrN2O5. The number of carbonyl (C=O) groups excluding carboxylic acids is 1. The third kappa shape index (κ3) is 5.10. The van der Waals surface area contributed by atoms with Crippen LogP contribution in [0.3, 0.4) is 0 Å². The molecule has 0 aliphatic carbocycles. The van der Waals surface area contributed by atoms with Gasteiger partial charge in [0.05, 0.1) is 10.8 Å². The van der Waals surface area contributed by atoms with Crippen LogP contribution in [0.5, 0.6) is 0 Å². The number of carboxylic acid groups (broad SMARTS) is 1. The van der Waals surface area contributed by atoms with Crippen LogP contribution >= 0.6 is 15.9 Å². The molecule has 120 valence electrons. The standard InChI is InChI=1S/C14H17BrN2O5/c1-8(2)5-9(14(19)20)7-16-13(18)11-4-3-10(15)6-12(11)17(21)22/h3-4,6,8-9H,5,7H2,1-2H3,(H,16,18)(H,19,20). The van der Waals surface area contributed by atoms with Crippen molar-refractivity contribution >= 4 is 33.5 Å². The molecule has 1 aromatic carbocycles. The molecule has 0 bridgehead atoms. The molecule has 0 aromatic heterocycles. The lowest BCUT2D eigenvalue weighted by atomic mass is 9.97. The van der Waals surface area contributed by atoms with Crippen molar-refractivity contribution in [1.29, 1.82) is 0 Å². The van der Waals surface area contributed by atoms with Crippen molar-refractivity contribution < 1.29 is 19.6 Å². The van der Waals surface area contributed by atoms with Gasteiger partial charge in [0, 0.05) is 17.1 Å². The van der Waals surface area contributed by atoms with E-state index in [2.05, 4.69) is 21.2 Å². The van der Waals surface area contributed by atoms with Gasteiger partial charge in [0.1, 0.15) is 5.56 Å². The zero-order valence-electron chi connectivity index (χ0n) is 12.2. The molecule has 0 fully saturated rings. The maximum Gasteiger partial charge on any atom is 0.308 e. The summed E-state index contributed by atoms with van der Waals surface area (Å²) >= 11 is 3.11. The average molecular weight is 373 g/mol. The minimum Gasteiger partial charge on any atom is -0.481 e. The Bertz CT molecular complexity index is 589. The van der Waals surface area contributed by atoms with Crippen molar-refractivity contribution in [2.75, 3.05) is 6.54 Å². The summed E-state index contributed by atoms with van der Waals surface area (Å²) in [5.74, 6) is -2.22. The van der Waals surface area contributed by atoms with Crippen molar-refractivity contribution in [2.24, 2.45) is 11.8 Å². The molecule has 22 heavy (non-hydrogen) atoms. The SMILES string of the molecule is CC(C)CC(CNC(=O)c1ccc(Br)cc1[N+](=O)[O-])C(=O)O. The van der Waals surface area contributed by atoms with Crippen LogP contribution in [-0.4, -0.2) is 28.5 Å². The van der Waals surface area contributed by atoms with Crippen molar-refractivity contribution in [2.45, 2.75) is 20.3 Å². The number of nitro groups is 1. The first-order valence-corrected chi connectivity index (χ1v) is 7.46. The zero-order valence-corrected chi connectivity index (χ0v) is 13.8. The number of nitro benzene ring substituents is 1. The van der Waals surface area contributed by atoms with Crippen LogP contribution in [0.15, 0.2) is 22.7 Å². The third-order valence-corrected chi connectivity index (χ3v) is 3.51. The number of nitrogens with zero attached hydrogens (tertiary/aromatic N) is 1. The molecule has 8 heteroatoms. The molecule has 0 aliphatic rings. The molecule has 1 rings (SSSR count). The molecule has 0 saturated carbocycles. The van der Waals surface area contributed by atoms with Gasteiger partial charge in [0.2, 0.25) is 0 Å². The van der Waals surface area contributed by atoms with Crippen LogP contribution in [0.25, 0.3) is 0 Å². The summed E-state index contributed by atoms with van der Waals surface area (Å²) < 4.78 is 0.485. The zero-order chi connectivity index (χ0) is 16.9. The van der Waals surface area contributed by atoms with E-state index in [1.165, 1.54) is 18.2 Å². The van der Waals surface area contributed by atoms with Gasteiger partial charge in [-0.3, -0.25) is 19.7 Å². The first kappa shape index (κ1) is 18.1. The Balaban J connectivity index is 2.85. The maximum absolute atomic E-state index is 12.1. The maximum atomic E-state index is 12.1. The molecule has 7 nitrogen and oxygen atoms in total. The number of halogens is 1. The van der Waals surface area contributed by atoms with Gasteiger partial charge in [-0.2, -0.15) is 0 Å². The first-order valence-electron chi connectivity index (χ1n) is 6.67. The Kier molecular flexibility index (Phi) is 6.48. The monoisotopic (exact) mass is 372 g/mol. The highest BCUT2D eigenvalue weighted by Gasteiger charge is 2.23. The largest absolute Gasteiger partial charge is 0.481 e. The second kappa shape index (κ2) is 7.88. The summed E-state index contributed by atoms with van der Waals surface area (Å²) in [6.07, 6.45) is 0.415. The van der Waals surface area contributed by atoms with Crippen molar-refractivity contribution in [3.63, 3.8) is 0 Å². The fourth-order valence-electron chi connectivity index (χ4n) is 2.00. The molecular weight excluding hydrogens is 356 g/mol. The van der Waals surface area contributed by atoms with Gasteiger partial charge in [-0.1, -0.05) is 29.8 Å². The summed E-state index contributed by atoms with van der Waals surface area (Å²) in [4.78, 5) is 33.5. The second-order valence-electron chi connectivity index (χ2n) is 5.29. The van der Waals surface area contributed by atoms with Crippen molar-refractivity contribution in [3.05, 3.63) is 38.3 Å². The lowest BCUT2D eigenvalue weighted by molar-refractivity contribution is -0.385. The number of nitrogens with one attached hydrogen (secondary N) is 1. The molecule has 0 spiro atoms. The first-order chi connectivity index (χ1) is 10.2. The molecule has 1 amide bonds. The Labute approximate surface area is 136 Å². The van der Waals surface area contributed by atoms with Crippen LogP contribution in [0.4, 0.5) is 5.69 Å². The molecule has 1 unspecified atom stereocenters. The van der Waals surface area contributed by atoms with E-state index in [9.17, 15) is 19.7 Å². The number of benzene rings is 1. The normalized spacial score (nSPS) is 12.0. The van der Waals surface area contributed by atoms with Crippen LogP contribution in [0.2, 0.25) is 0 Å². The predicted molar refractivity (Wildman–Crippen MR) is 83.7 cm³/mol. The van der Waals surface area contributed by atoms with E-state index < -0.39 is 22.7 Å². The van der Waals surface area contributed by atoms with Gasteiger partial charge in [0.25, 0.3) is 11.6 Å². The Morgan fingerprint density at radius 3 is 2.55 bits per heavy atom. The van der Waals surface area contributed by atoms with E-state index in [1.807, 2.05) is 13.8 Å². The van der Waals surface area contributed by atoms with Crippen molar-refractivity contribution in [3.8, 4) is 0 Å². The molecule has 0 aliphatic heterocycles. The summed E-state index contributed by atoms with van der Waals surface area (Å²) in [5.41, 5.74) is -0.426. The van der Waals surface area contributed by atoms with E-state index >= 15 is 0 Å². The van der Waals surface area contributed by atoms with Crippen LogP contribution in [0, 0.1) is 22.0 Å². The van der Waals surface area contributed by atoms with Crippen LogP contribution < -0.4 is 5.32 Å². The topological polar surface area (TPSA) is 110 Å². The van der Waals surface area contributed by atoms with E-state index in [0.717, 1.165) is 0 Å². The lowest BCUT2D eigenvalue weighted by Gasteiger charge is -2.15. The summed E-state index contributed by atoms with van der Waals surface area (Å²) in [6, 6.07) is 4.08. The van der Waals surface area contributed by atoms with E-state index in [4.69, 9.17) is 5.11 Å². The molecule has 0 heterocycles. The molecule has 0 saturated heterocycles. The Morgan fingerprint density at radius 2 is 2.05 bits per heavy atom. The number of hydrogen-bond acceptors (Lipinski definition) is 4. The van der Waals surface area contributed by atoms with E-state index in [0.29, 0.717) is 10.9 Å². The number of amides is 1. The van der Waals surface area contributed by atoms with Gasteiger partial charge in [-0.15, -0.1) is 0 Å². The highest BCUT2D eigenvalue weighted by molar-refractivity contribution is 9.10. The fraction of sp³-hybridized carbons (Fsp3) is 0.429. The summed E-state index contributed by atoms with van der Waals surface area (Å²) in [7, 11) is 0. The minimum absolute atomic E-state index is 0.0699. The Morgan fingerprint density at radius 1 is 1.41 bits per heavy atom. The average Bonchev–Trinajstić information content (AvgIpc) is 2.42. The summed E-state index contributed by atoms with van der Waals surface area (Å²) in [6.45, 7) is 3.70. The number of aliphatic carboxylic acids is 1. The fourth-order valence-corrected chi connectivity index (χ4v) is 2.35. The quantitative estimate of drug-likeness (QED) is 0.564. The third-order valence-electron chi connectivity index (χ3n) is 3.02. The number of rotatable bonds is 7. The summed E-state index contributed by atoms with van der Waals surface area (Å²) in [5, 5.41) is 22.6. The van der Waals surface area contributed by atoms with Crippen molar-refractivity contribution in [1.82, 2.24) is 5.32 Å². The molecule has 0 radical (unpaired) electrons. The van der Waals surface area contributed by atoms with Gasteiger partial charge >= 0.3 is 5.97 Å². The molecule has 1 atom stereocenters. The van der Waals surface area contributed by atoms with Gasteiger partial charge in [-0.05, 0) is 24.5 Å². The minimum atomic E-state index is -1.00. The molecule has 2 N–H and O–H groups in total. The highest BCUT2D eigenvalue weighted by atomic mass is 79.9.